The third kappa shape index (κ3) is 5.54. The van der Waals surface area contributed by atoms with Crippen LogP contribution in [0.3, 0.4) is 0 Å². The normalized spacial score (nSPS) is 16.4. The first-order valence-corrected chi connectivity index (χ1v) is 10.1. The van der Waals surface area contributed by atoms with Crippen LogP contribution in [-0.2, 0) is 19.6 Å². The van der Waals surface area contributed by atoms with Crippen molar-refractivity contribution in [2.24, 2.45) is 5.92 Å². The minimum Gasteiger partial charge on any atom is -0.348 e. The molecule has 8 heteroatoms. The molecule has 0 atom stereocenters. The molecule has 1 aromatic carbocycles. The highest BCUT2D eigenvalue weighted by Crippen LogP contribution is 2.18. The van der Waals surface area contributed by atoms with Crippen molar-refractivity contribution < 1.29 is 18.0 Å². The Labute approximate surface area is 148 Å². The highest BCUT2D eigenvalue weighted by molar-refractivity contribution is 7.88. The van der Waals surface area contributed by atoms with E-state index in [-0.39, 0.29) is 5.92 Å². The third-order valence-electron chi connectivity index (χ3n) is 4.56. The molecule has 7 nitrogen and oxygen atoms in total. The molecule has 1 fully saturated rings. The largest absolute Gasteiger partial charge is 0.348 e. The van der Waals surface area contributed by atoms with Gasteiger partial charge in [-0.1, -0.05) is 6.07 Å². The van der Waals surface area contributed by atoms with Gasteiger partial charge in [0.1, 0.15) is 0 Å². The monoisotopic (exact) mass is 367 g/mol. The molecule has 2 rings (SSSR count). The Morgan fingerprint density at radius 3 is 2.32 bits per heavy atom. The SMILES string of the molecule is Cc1ccc(NC(=O)C(=O)NCC2CCN(S(C)(=O)=O)CC2)cc1C. The van der Waals surface area contributed by atoms with Gasteiger partial charge in [0.05, 0.1) is 6.26 Å². The van der Waals surface area contributed by atoms with E-state index in [9.17, 15) is 18.0 Å². The van der Waals surface area contributed by atoms with E-state index in [0.717, 1.165) is 11.1 Å². The van der Waals surface area contributed by atoms with Crippen molar-refractivity contribution in [1.29, 1.82) is 0 Å². The number of nitrogens with zero attached hydrogens (tertiary/aromatic N) is 1. The lowest BCUT2D eigenvalue weighted by atomic mass is 9.98. The van der Waals surface area contributed by atoms with Gasteiger partial charge in [-0.25, -0.2) is 12.7 Å². The molecular weight excluding hydrogens is 342 g/mol. The van der Waals surface area contributed by atoms with Crippen molar-refractivity contribution in [2.75, 3.05) is 31.2 Å². The predicted molar refractivity (Wildman–Crippen MR) is 96.7 cm³/mol. The van der Waals surface area contributed by atoms with Gasteiger partial charge in [0.2, 0.25) is 10.0 Å². The molecule has 0 saturated carbocycles. The van der Waals surface area contributed by atoms with Crippen LogP contribution >= 0.6 is 0 Å². The van der Waals surface area contributed by atoms with E-state index in [4.69, 9.17) is 0 Å². The first kappa shape index (κ1) is 19.4. The molecule has 0 unspecified atom stereocenters. The number of carbonyl (C=O) groups is 2. The average molecular weight is 367 g/mol. The summed E-state index contributed by atoms with van der Waals surface area (Å²) in [6, 6.07) is 5.47. The van der Waals surface area contributed by atoms with Crippen LogP contribution in [0.4, 0.5) is 5.69 Å². The Kier molecular flexibility index (Phi) is 6.18. The summed E-state index contributed by atoms with van der Waals surface area (Å²) in [6.07, 6.45) is 2.55. The van der Waals surface area contributed by atoms with Gasteiger partial charge in [-0.3, -0.25) is 9.59 Å². The maximum Gasteiger partial charge on any atom is 0.313 e. The van der Waals surface area contributed by atoms with Crippen molar-refractivity contribution in [3.8, 4) is 0 Å². The molecule has 1 aliphatic heterocycles. The minimum atomic E-state index is -3.15. The van der Waals surface area contributed by atoms with E-state index in [2.05, 4.69) is 10.6 Å². The second-order valence-electron chi connectivity index (χ2n) is 6.57. The van der Waals surface area contributed by atoms with E-state index < -0.39 is 21.8 Å². The van der Waals surface area contributed by atoms with Crippen LogP contribution in [0, 0.1) is 19.8 Å². The number of benzene rings is 1. The average Bonchev–Trinajstić information content (AvgIpc) is 2.55. The van der Waals surface area contributed by atoms with E-state index in [0.29, 0.717) is 38.2 Å². The third-order valence-corrected chi connectivity index (χ3v) is 5.87. The Hall–Kier alpha value is -1.93. The zero-order valence-electron chi connectivity index (χ0n) is 14.8. The number of amides is 2. The van der Waals surface area contributed by atoms with Crippen LogP contribution in [0.5, 0.6) is 0 Å². The number of carbonyl (C=O) groups excluding carboxylic acids is 2. The smallest absolute Gasteiger partial charge is 0.313 e. The summed E-state index contributed by atoms with van der Waals surface area (Å²) in [6.45, 7) is 5.19. The quantitative estimate of drug-likeness (QED) is 0.777. The van der Waals surface area contributed by atoms with Gasteiger partial charge < -0.3 is 10.6 Å². The van der Waals surface area contributed by atoms with Gasteiger partial charge in [-0.2, -0.15) is 0 Å². The molecule has 1 heterocycles. The molecule has 138 valence electrons. The first-order chi connectivity index (χ1) is 11.7. The number of piperidine rings is 1. The molecule has 0 aliphatic carbocycles. The summed E-state index contributed by atoms with van der Waals surface area (Å²) in [4.78, 5) is 23.9. The summed E-state index contributed by atoms with van der Waals surface area (Å²) < 4.78 is 24.4. The van der Waals surface area contributed by atoms with E-state index >= 15 is 0 Å². The van der Waals surface area contributed by atoms with Crippen molar-refractivity contribution in [3.63, 3.8) is 0 Å². The van der Waals surface area contributed by atoms with E-state index in [1.807, 2.05) is 26.0 Å². The van der Waals surface area contributed by atoms with Crippen LogP contribution in [0.1, 0.15) is 24.0 Å². The highest BCUT2D eigenvalue weighted by atomic mass is 32.2. The molecule has 1 aliphatic rings. The van der Waals surface area contributed by atoms with Gasteiger partial charge in [0.15, 0.2) is 0 Å². The number of aryl methyl sites for hydroxylation is 2. The van der Waals surface area contributed by atoms with Gasteiger partial charge >= 0.3 is 11.8 Å². The molecule has 1 saturated heterocycles. The summed E-state index contributed by atoms with van der Waals surface area (Å²) >= 11 is 0. The molecule has 25 heavy (non-hydrogen) atoms. The molecule has 2 amide bonds. The van der Waals surface area contributed by atoms with Crippen LogP contribution < -0.4 is 10.6 Å². The van der Waals surface area contributed by atoms with Crippen LogP contribution in [0.15, 0.2) is 18.2 Å². The van der Waals surface area contributed by atoms with Gasteiger partial charge in [-0.15, -0.1) is 0 Å². The molecule has 2 N–H and O–H groups in total. The second kappa shape index (κ2) is 7.97. The van der Waals surface area contributed by atoms with Gasteiger partial charge in [0.25, 0.3) is 0 Å². The summed E-state index contributed by atoms with van der Waals surface area (Å²) in [5.74, 6) is -1.20. The molecule has 0 aromatic heterocycles. The number of sulfonamides is 1. The maximum absolute atomic E-state index is 12.0. The summed E-state index contributed by atoms with van der Waals surface area (Å²) in [5, 5.41) is 5.22. The second-order valence-corrected chi connectivity index (χ2v) is 8.55. The molecular formula is C17H25N3O4S. The number of rotatable bonds is 4. The molecule has 0 bridgehead atoms. The minimum absolute atomic E-state index is 0.177. The fraction of sp³-hybridized carbons (Fsp3) is 0.529. The fourth-order valence-corrected chi connectivity index (χ4v) is 3.64. The molecule has 1 aromatic rings. The van der Waals surface area contributed by atoms with Gasteiger partial charge in [-0.05, 0) is 55.9 Å². The number of hydrogen-bond donors (Lipinski definition) is 2. The first-order valence-electron chi connectivity index (χ1n) is 8.28. The van der Waals surface area contributed by atoms with Crippen LogP contribution in [-0.4, -0.2) is 50.4 Å². The van der Waals surface area contributed by atoms with Crippen molar-refractivity contribution in [1.82, 2.24) is 9.62 Å². The Bertz CT molecular complexity index is 753. The lowest BCUT2D eigenvalue weighted by Crippen LogP contribution is -2.43. The standard InChI is InChI=1S/C17H25N3O4S/c1-12-4-5-15(10-13(12)2)19-17(22)16(21)18-11-14-6-8-20(9-7-14)25(3,23)24/h4-5,10,14H,6-9,11H2,1-3H3,(H,18,21)(H,19,22). The van der Waals surface area contributed by atoms with Crippen molar-refractivity contribution in [2.45, 2.75) is 26.7 Å². The summed E-state index contributed by atoms with van der Waals surface area (Å²) in [5.41, 5.74) is 2.74. The number of nitrogens with one attached hydrogen (secondary N) is 2. The fourth-order valence-electron chi connectivity index (χ4n) is 2.77. The zero-order valence-corrected chi connectivity index (χ0v) is 15.6. The van der Waals surface area contributed by atoms with Crippen LogP contribution in [0.2, 0.25) is 0 Å². The summed E-state index contributed by atoms with van der Waals surface area (Å²) in [7, 11) is -3.15. The predicted octanol–water partition coefficient (Wildman–Crippen LogP) is 1.03. The lowest BCUT2D eigenvalue weighted by molar-refractivity contribution is -0.136. The number of anilines is 1. The highest BCUT2D eigenvalue weighted by Gasteiger charge is 2.25. The Morgan fingerprint density at radius 2 is 1.76 bits per heavy atom. The van der Waals surface area contributed by atoms with Gasteiger partial charge in [0, 0.05) is 25.3 Å². The lowest BCUT2D eigenvalue weighted by Gasteiger charge is -2.30. The van der Waals surface area contributed by atoms with Crippen molar-refractivity contribution in [3.05, 3.63) is 29.3 Å². The van der Waals surface area contributed by atoms with Crippen LogP contribution in [0.25, 0.3) is 0 Å². The number of hydrogen-bond acceptors (Lipinski definition) is 4. The Balaban J connectivity index is 1.78. The zero-order chi connectivity index (χ0) is 18.6. The van der Waals surface area contributed by atoms with E-state index in [1.165, 1.54) is 10.6 Å². The topological polar surface area (TPSA) is 95.6 Å². The Morgan fingerprint density at radius 1 is 1.12 bits per heavy atom. The molecule has 0 radical (unpaired) electrons. The molecule has 0 spiro atoms. The maximum atomic E-state index is 12.0. The van der Waals surface area contributed by atoms with Crippen molar-refractivity contribution >= 4 is 27.5 Å². The van der Waals surface area contributed by atoms with E-state index in [1.54, 1.807) is 6.07 Å².